The van der Waals surface area contributed by atoms with Gasteiger partial charge >= 0.3 is 5.97 Å². The van der Waals surface area contributed by atoms with E-state index in [1.807, 2.05) is 67.6 Å². The lowest BCUT2D eigenvalue weighted by atomic mass is 9.95. The predicted octanol–water partition coefficient (Wildman–Crippen LogP) is 5.46. The van der Waals surface area contributed by atoms with E-state index < -0.39 is 12.0 Å². The van der Waals surface area contributed by atoms with E-state index in [9.17, 15) is 9.59 Å². The molecule has 1 aliphatic rings. The number of benzene rings is 3. The number of methoxy groups -OCH3 is 1. The minimum Gasteiger partial charge on any atom is -0.487 e. The van der Waals surface area contributed by atoms with E-state index in [0.717, 1.165) is 29.6 Å². The predicted molar refractivity (Wildman–Crippen MR) is 174 cm³/mol. The average molecular weight is 787 g/mol. The molecule has 1 atom stereocenters. The van der Waals surface area contributed by atoms with Crippen LogP contribution in [-0.2, 0) is 16.1 Å². The number of rotatable bonds is 7. The summed E-state index contributed by atoms with van der Waals surface area (Å²) in [4.78, 5) is 32.1. The Morgan fingerprint density at radius 1 is 1.12 bits per heavy atom. The Bertz CT molecular complexity index is 1870. The van der Waals surface area contributed by atoms with Gasteiger partial charge in [0.1, 0.15) is 12.4 Å². The molecule has 5 rings (SSSR count). The highest BCUT2D eigenvalue weighted by atomic mass is 127. The standard InChI is InChI=1S/C31H23I2N3O4S/c1-3-24-26(30(38)39-2)27(21-7-5-4-6-8-21)36-29(37)25(41-31(36)35-24)15-20-13-22(32)28(23(33)14-20)40-17-19-11-9-18(16-34)10-12-19/h4-15,27H,3,17H2,1-2H3/b25-15+/t27-/m0/s1. The molecule has 206 valence electrons. The van der Waals surface area contributed by atoms with Crippen molar-refractivity contribution in [3.05, 3.63) is 127 Å². The third kappa shape index (κ3) is 6.02. The first-order valence-corrected chi connectivity index (χ1v) is 15.6. The fourth-order valence-electron chi connectivity index (χ4n) is 4.60. The minimum atomic E-state index is -0.629. The molecule has 0 saturated carbocycles. The largest absolute Gasteiger partial charge is 0.487 e. The molecule has 0 unspecified atom stereocenters. The Kier molecular flexibility index (Phi) is 9.06. The van der Waals surface area contributed by atoms with E-state index in [4.69, 9.17) is 19.7 Å². The topological polar surface area (TPSA) is 93.7 Å². The number of esters is 1. The molecule has 2 heterocycles. The minimum absolute atomic E-state index is 0.217. The smallest absolute Gasteiger partial charge is 0.338 e. The highest BCUT2D eigenvalue weighted by Gasteiger charge is 2.33. The third-order valence-corrected chi connectivity index (χ3v) is 9.14. The van der Waals surface area contributed by atoms with Gasteiger partial charge in [-0.3, -0.25) is 9.36 Å². The van der Waals surface area contributed by atoms with Crippen LogP contribution < -0.4 is 19.6 Å². The SMILES string of the molecule is CCC1=C(C(=O)OC)[C@H](c2ccccc2)n2c(s/c(=C/c3cc(I)c(OCc4ccc(C#N)cc4)c(I)c3)c2=O)=N1. The van der Waals surface area contributed by atoms with Gasteiger partial charge in [-0.15, -0.1) is 0 Å². The van der Waals surface area contributed by atoms with Crippen LogP contribution in [-0.4, -0.2) is 17.6 Å². The van der Waals surface area contributed by atoms with Gasteiger partial charge in [0.05, 0.1) is 47.7 Å². The molecule has 0 bridgehead atoms. The van der Waals surface area contributed by atoms with Crippen LogP contribution in [0, 0.1) is 18.5 Å². The summed E-state index contributed by atoms with van der Waals surface area (Å²) in [5.74, 6) is 0.267. The number of carbonyl (C=O) groups excluding carboxylic acids is 1. The Morgan fingerprint density at radius 2 is 1.80 bits per heavy atom. The van der Waals surface area contributed by atoms with Crippen LogP contribution in [0.25, 0.3) is 6.08 Å². The third-order valence-electron chi connectivity index (χ3n) is 6.55. The number of thiazole rings is 1. The van der Waals surface area contributed by atoms with Gasteiger partial charge in [0, 0.05) is 0 Å². The van der Waals surface area contributed by atoms with Gasteiger partial charge in [-0.25, -0.2) is 9.79 Å². The van der Waals surface area contributed by atoms with Crippen molar-refractivity contribution in [2.24, 2.45) is 4.99 Å². The molecule has 0 spiro atoms. The van der Waals surface area contributed by atoms with Crippen LogP contribution >= 0.6 is 56.5 Å². The van der Waals surface area contributed by atoms with Crippen LogP contribution in [0.1, 0.15) is 41.6 Å². The quantitative estimate of drug-likeness (QED) is 0.184. The molecule has 0 aliphatic carbocycles. The van der Waals surface area contributed by atoms with E-state index in [0.29, 0.717) is 39.2 Å². The number of hydrogen-bond acceptors (Lipinski definition) is 7. The number of ether oxygens (including phenoxy) is 2. The normalized spacial score (nSPS) is 14.7. The van der Waals surface area contributed by atoms with Crippen molar-refractivity contribution >= 4 is 68.6 Å². The van der Waals surface area contributed by atoms with Gasteiger partial charge in [-0.2, -0.15) is 5.26 Å². The van der Waals surface area contributed by atoms with Crippen LogP contribution in [0.5, 0.6) is 5.75 Å². The number of nitriles is 1. The first-order chi connectivity index (χ1) is 19.8. The lowest BCUT2D eigenvalue weighted by molar-refractivity contribution is -0.136. The van der Waals surface area contributed by atoms with Gasteiger partial charge in [-0.05, 0) is 98.6 Å². The summed E-state index contributed by atoms with van der Waals surface area (Å²) in [5, 5.41) is 9.01. The van der Waals surface area contributed by atoms with Crippen molar-refractivity contribution in [2.75, 3.05) is 7.11 Å². The second-order valence-electron chi connectivity index (χ2n) is 9.11. The summed E-state index contributed by atoms with van der Waals surface area (Å²) in [7, 11) is 1.34. The van der Waals surface area contributed by atoms with Crippen LogP contribution in [0.4, 0.5) is 0 Å². The lowest BCUT2D eigenvalue weighted by Crippen LogP contribution is -2.40. The fraction of sp³-hybridized carbons (Fsp3) is 0.161. The van der Waals surface area contributed by atoms with E-state index >= 15 is 0 Å². The molecule has 0 saturated heterocycles. The number of fused-ring (bicyclic) bond motifs is 1. The molecule has 41 heavy (non-hydrogen) atoms. The molecule has 7 nitrogen and oxygen atoms in total. The first kappa shape index (κ1) is 29.2. The number of halogens is 2. The number of aromatic nitrogens is 1. The first-order valence-electron chi connectivity index (χ1n) is 12.6. The summed E-state index contributed by atoms with van der Waals surface area (Å²) >= 11 is 5.78. The monoisotopic (exact) mass is 787 g/mol. The Hall–Kier alpha value is -3.28. The number of carbonyl (C=O) groups is 1. The zero-order valence-corrected chi connectivity index (χ0v) is 27.2. The summed E-state index contributed by atoms with van der Waals surface area (Å²) in [5.41, 5.74) is 4.02. The molecule has 0 fully saturated rings. The fourth-order valence-corrected chi connectivity index (χ4v) is 7.75. The molecule has 1 aliphatic heterocycles. The maximum atomic E-state index is 13.9. The van der Waals surface area contributed by atoms with Gasteiger partial charge in [0.25, 0.3) is 5.56 Å². The molecule has 3 aromatic carbocycles. The zero-order chi connectivity index (χ0) is 29.1. The molecule has 0 amide bonds. The van der Waals surface area contributed by atoms with Crippen LogP contribution in [0.2, 0.25) is 0 Å². The molecular formula is C31H23I2N3O4S. The van der Waals surface area contributed by atoms with Gasteiger partial charge < -0.3 is 9.47 Å². The Labute approximate surface area is 267 Å². The Balaban J connectivity index is 1.54. The summed E-state index contributed by atoms with van der Waals surface area (Å²) in [6, 6.07) is 22.2. The maximum absolute atomic E-state index is 13.9. The van der Waals surface area contributed by atoms with E-state index in [2.05, 4.69) is 51.3 Å². The van der Waals surface area contributed by atoms with Crippen molar-refractivity contribution in [3.8, 4) is 11.8 Å². The summed E-state index contributed by atoms with van der Waals surface area (Å²) in [6.07, 6.45) is 2.38. The maximum Gasteiger partial charge on any atom is 0.338 e. The Morgan fingerprint density at radius 3 is 2.41 bits per heavy atom. The van der Waals surface area contributed by atoms with E-state index in [-0.39, 0.29) is 5.56 Å². The number of nitrogens with zero attached hydrogens (tertiary/aromatic N) is 3. The van der Waals surface area contributed by atoms with Crippen LogP contribution in [0.3, 0.4) is 0 Å². The molecular weight excluding hydrogens is 764 g/mol. The average Bonchev–Trinajstić information content (AvgIpc) is 3.30. The molecule has 0 radical (unpaired) electrons. The van der Waals surface area contributed by atoms with Crippen molar-refractivity contribution in [1.29, 1.82) is 5.26 Å². The highest BCUT2D eigenvalue weighted by molar-refractivity contribution is 14.1. The van der Waals surface area contributed by atoms with E-state index in [1.165, 1.54) is 18.4 Å². The second-order valence-corrected chi connectivity index (χ2v) is 12.4. The van der Waals surface area contributed by atoms with Crippen LogP contribution in [0.15, 0.2) is 87.8 Å². The summed E-state index contributed by atoms with van der Waals surface area (Å²) < 4.78 is 15.2. The van der Waals surface area contributed by atoms with Crippen molar-refractivity contribution < 1.29 is 14.3 Å². The molecule has 0 N–H and O–H groups in total. The zero-order valence-electron chi connectivity index (χ0n) is 22.1. The van der Waals surface area contributed by atoms with Crippen molar-refractivity contribution in [2.45, 2.75) is 26.0 Å². The highest BCUT2D eigenvalue weighted by Crippen LogP contribution is 2.32. The van der Waals surface area contributed by atoms with Gasteiger partial charge in [0.2, 0.25) is 0 Å². The van der Waals surface area contributed by atoms with Gasteiger partial charge in [0.15, 0.2) is 4.80 Å². The van der Waals surface area contributed by atoms with Crippen molar-refractivity contribution in [3.63, 3.8) is 0 Å². The summed E-state index contributed by atoms with van der Waals surface area (Å²) in [6.45, 7) is 2.31. The number of hydrogen-bond donors (Lipinski definition) is 0. The van der Waals surface area contributed by atoms with Crippen molar-refractivity contribution in [1.82, 2.24) is 4.57 Å². The van der Waals surface area contributed by atoms with E-state index in [1.54, 1.807) is 16.7 Å². The second kappa shape index (κ2) is 12.7. The lowest BCUT2D eigenvalue weighted by Gasteiger charge is -2.25. The number of allylic oxidation sites excluding steroid dienone is 1. The molecule has 1 aromatic heterocycles. The molecule has 10 heteroatoms. The molecule has 4 aromatic rings. The van der Waals surface area contributed by atoms with Gasteiger partial charge in [-0.1, -0.05) is 60.7 Å².